The van der Waals surface area contributed by atoms with Gasteiger partial charge in [0.2, 0.25) is 20.0 Å². The Balaban J connectivity index is 1.22. The number of rotatable bonds is 9. The standard InChI is InChI=1S/C25H33FN4O5S2/c26-23-7-2-3-8-24(23)28-16-18-29(19-17-28)36(32,33)20-6-13-27-25(31)21-9-11-22(12-10-21)37(34,35)30-14-4-1-5-15-30/h2-3,7-12H,1,4-6,13-20H2,(H,27,31). The number of hydrogen-bond donors (Lipinski definition) is 1. The molecule has 2 aromatic carbocycles. The number of benzene rings is 2. The number of amides is 1. The first-order valence-corrected chi connectivity index (χ1v) is 15.6. The summed E-state index contributed by atoms with van der Waals surface area (Å²) in [5, 5.41) is 2.70. The Morgan fingerprint density at radius 2 is 1.46 bits per heavy atom. The second-order valence-corrected chi connectivity index (χ2v) is 13.3. The molecule has 2 fully saturated rings. The summed E-state index contributed by atoms with van der Waals surface area (Å²) in [6.45, 7) is 2.54. The SMILES string of the molecule is O=C(NCCCS(=O)(=O)N1CCN(c2ccccc2F)CC1)c1ccc(S(=O)(=O)N2CCCCC2)cc1. The van der Waals surface area contributed by atoms with Crippen LogP contribution in [-0.2, 0) is 20.0 Å². The maximum atomic E-state index is 14.0. The van der Waals surface area contributed by atoms with Gasteiger partial charge < -0.3 is 10.2 Å². The summed E-state index contributed by atoms with van der Waals surface area (Å²) in [7, 11) is -7.07. The van der Waals surface area contributed by atoms with Crippen molar-refractivity contribution in [3.8, 4) is 0 Å². The first kappa shape index (κ1) is 27.5. The van der Waals surface area contributed by atoms with Crippen LogP contribution in [-0.4, -0.2) is 82.9 Å². The van der Waals surface area contributed by atoms with E-state index in [0.717, 1.165) is 19.3 Å². The van der Waals surface area contributed by atoms with Crippen molar-refractivity contribution in [1.82, 2.24) is 13.9 Å². The van der Waals surface area contributed by atoms with Crippen LogP contribution in [0.25, 0.3) is 0 Å². The number of nitrogens with one attached hydrogen (secondary N) is 1. The van der Waals surface area contributed by atoms with Crippen LogP contribution in [0.3, 0.4) is 0 Å². The average molecular weight is 553 g/mol. The molecule has 2 aliphatic rings. The molecular weight excluding hydrogens is 519 g/mol. The van der Waals surface area contributed by atoms with Gasteiger partial charge in [-0.2, -0.15) is 8.61 Å². The lowest BCUT2D eigenvalue weighted by Gasteiger charge is -2.35. The number of nitrogens with zero attached hydrogens (tertiary/aromatic N) is 3. The molecule has 1 amide bonds. The van der Waals surface area contributed by atoms with Gasteiger partial charge in [-0.25, -0.2) is 21.2 Å². The Morgan fingerprint density at radius 3 is 2.11 bits per heavy atom. The van der Waals surface area contributed by atoms with E-state index >= 15 is 0 Å². The Kier molecular flexibility index (Phi) is 8.83. The van der Waals surface area contributed by atoms with Crippen molar-refractivity contribution < 1.29 is 26.0 Å². The van der Waals surface area contributed by atoms with E-state index in [9.17, 15) is 26.0 Å². The zero-order valence-electron chi connectivity index (χ0n) is 20.7. The smallest absolute Gasteiger partial charge is 0.251 e. The minimum Gasteiger partial charge on any atom is -0.367 e. The van der Waals surface area contributed by atoms with Crippen LogP contribution in [0.4, 0.5) is 10.1 Å². The number of piperidine rings is 1. The summed E-state index contributed by atoms with van der Waals surface area (Å²) in [6, 6.07) is 12.3. The van der Waals surface area contributed by atoms with E-state index in [1.807, 2.05) is 4.90 Å². The zero-order chi connectivity index (χ0) is 26.5. The number of carbonyl (C=O) groups is 1. The highest BCUT2D eigenvalue weighted by molar-refractivity contribution is 7.89. The third-order valence-corrected chi connectivity index (χ3v) is 10.6. The fraction of sp³-hybridized carbons (Fsp3) is 0.480. The third-order valence-electron chi connectivity index (χ3n) is 6.76. The van der Waals surface area contributed by atoms with Crippen molar-refractivity contribution in [3.63, 3.8) is 0 Å². The van der Waals surface area contributed by atoms with Gasteiger partial charge in [0.15, 0.2) is 0 Å². The lowest BCUT2D eigenvalue weighted by Crippen LogP contribution is -2.49. The first-order chi connectivity index (χ1) is 17.7. The number of sulfonamides is 2. The summed E-state index contributed by atoms with van der Waals surface area (Å²) in [4.78, 5) is 14.5. The van der Waals surface area contributed by atoms with Crippen molar-refractivity contribution in [3.05, 3.63) is 59.9 Å². The molecule has 0 bridgehead atoms. The molecule has 2 saturated heterocycles. The summed E-state index contributed by atoms with van der Waals surface area (Å²) in [5.74, 6) is -0.828. The third kappa shape index (κ3) is 6.67. The molecule has 2 heterocycles. The van der Waals surface area contributed by atoms with Crippen LogP contribution in [0.1, 0.15) is 36.0 Å². The average Bonchev–Trinajstić information content (AvgIpc) is 2.92. The molecule has 2 aliphatic heterocycles. The molecule has 12 heteroatoms. The van der Waals surface area contributed by atoms with E-state index in [1.54, 1.807) is 18.2 Å². The van der Waals surface area contributed by atoms with Crippen molar-refractivity contribution in [2.75, 3.05) is 56.5 Å². The normalized spacial score (nSPS) is 18.0. The van der Waals surface area contributed by atoms with Crippen LogP contribution in [0.15, 0.2) is 53.4 Å². The molecule has 0 atom stereocenters. The molecule has 202 valence electrons. The molecule has 2 aromatic rings. The predicted molar refractivity (Wildman–Crippen MR) is 140 cm³/mol. The number of halogens is 1. The summed E-state index contributed by atoms with van der Waals surface area (Å²) in [6.07, 6.45) is 2.96. The lowest BCUT2D eigenvalue weighted by atomic mass is 10.2. The Hall–Kier alpha value is -2.54. The van der Waals surface area contributed by atoms with Crippen LogP contribution < -0.4 is 10.2 Å². The van der Waals surface area contributed by atoms with Gasteiger partial charge in [-0.1, -0.05) is 18.6 Å². The predicted octanol–water partition coefficient (Wildman–Crippen LogP) is 2.27. The molecule has 0 aliphatic carbocycles. The van der Waals surface area contributed by atoms with Crippen LogP contribution in [0.5, 0.6) is 0 Å². The molecule has 37 heavy (non-hydrogen) atoms. The monoisotopic (exact) mass is 552 g/mol. The van der Waals surface area contributed by atoms with E-state index in [4.69, 9.17) is 0 Å². The van der Waals surface area contributed by atoms with Crippen molar-refractivity contribution in [2.45, 2.75) is 30.6 Å². The minimum atomic E-state index is -3.57. The Labute approximate surface area is 218 Å². The van der Waals surface area contributed by atoms with Crippen molar-refractivity contribution >= 4 is 31.6 Å². The first-order valence-electron chi connectivity index (χ1n) is 12.5. The van der Waals surface area contributed by atoms with Gasteiger partial charge in [-0.05, 0) is 55.7 Å². The molecule has 0 saturated carbocycles. The van der Waals surface area contributed by atoms with Gasteiger partial charge in [0.25, 0.3) is 5.91 Å². The van der Waals surface area contributed by atoms with Crippen molar-refractivity contribution in [1.29, 1.82) is 0 Å². The zero-order valence-corrected chi connectivity index (χ0v) is 22.3. The van der Waals surface area contributed by atoms with Gasteiger partial charge >= 0.3 is 0 Å². The molecule has 1 N–H and O–H groups in total. The van der Waals surface area contributed by atoms with Crippen LogP contribution in [0, 0.1) is 5.82 Å². The maximum absolute atomic E-state index is 14.0. The second kappa shape index (κ2) is 11.9. The fourth-order valence-corrected chi connectivity index (χ4v) is 7.64. The van der Waals surface area contributed by atoms with Gasteiger partial charge in [0, 0.05) is 51.4 Å². The molecule has 0 unspecified atom stereocenters. The highest BCUT2D eigenvalue weighted by Gasteiger charge is 2.28. The highest BCUT2D eigenvalue weighted by Crippen LogP contribution is 2.22. The van der Waals surface area contributed by atoms with Crippen LogP contribution >= 0.6 is 0 Å². The number of carbonyl (C=O) groups excluding carboxylic acids is 1. The van der Waals surface area contributed by atoms with E-state index in [-0.39, 0.29) is 42.5 Å². The highest BCUT2D eigenvalue weighted by atomic mass is 32.2. The Bertz CT molecular complexity index is 1290. The summed E-state index contributed by atoms with van der Waals surface area (Å²) in [5.41, 5.74) is 0.782. The molecule has 0 spiro atoms. The second-order valence-electron chi connectivity index (χ2n) is 9.25. The number of anilines is 1. The number of para-hydroxylation sites is 1. The maximum Gasteiger partial charge on any atom is 0.251 e. The fourth-order valence-electron chi connectivity index (χ4n) is 4.64. The van der Waals surface area contributed by atoms with E-state index < -0.39 is 26.0 Å². The number of hydrogen-bond acceptors (Lipinski definition) is 6. The molecule has 0 radical (unpaired) electrons. The number of piperazine rings is 1. The van der Waals surface area contributed by atoms with Gasteiger partial charge in [0.05, 0.1) is 16.3 Å². The van der Waals surface area contributed by atoms with Gasteiger partial charge in [-0.3, -0.25) is 4.79 Å². The minimum absolute atomic E-state index is 0.111. The Morgan fingerprint density at radius 1 is 0.811 bits per heavy atom. The lowest BCUT2D eigenvalue weighted by molar-refractivity contribution is 0.0953. The summed E-state index contributed by atoms with van der Waals surface area (Å²) >= 11 is 0. The van der Waals surface area contributed by atoms with Crippen LogP contribution in [0.2, 0.25) is 0 Å². The van der Waals surface area contributed by atoms with E-state index in [2.05, 4.69) is 5.32 Å². The molecule has 4 rings (SSSR count). The van der Waals surface area contributed by atoms with Crippen molar-refractivity contribution in [2.24, 2.45) is 0 Å². The molecule has 0 aromatic heterocycles. The van der Waals surface area contributed by atoms with E-state index in [1.165, 1.54) is 38.9 Å². The van der Waals surface area contributed by atoms with E-state index in [0.29, 0.717) is 37.4 Å². The quantitative estimate of drug-likeness (QED) is 0.479. The van der Waals surface area contributed by atoms with Gasteiger partial charge in [-0.15, -0.1) is 0 Å². The molecular formula is C25H33FN4O5S2. The largest absolute Gasteiger partial charge is 0.367 e. The molecule has 9 nitrogen and oxygen atoms in total. The topological polar surface area (TPSA) is 107 Å². The summed E-state index contributed by atoms with van der Waals surface area (Å²) < 4.78 is 67.9. The van der Waals surface area contributed by atoms with Gasteiger partial charge in [0.1, 0.15) is 5.82 Å².